The quantitative estimate of drug-likeness (QED) is 0.832. The minimum atomic E-state index is -3.73. The molecule has 1 aromatic rings. The van der Waals surface area contributed by atoms with Gasteiger partial charge in [0.05, 0.1) is 11.4 Å². The summed E-state index contributed by atoms with van der Waals surface area (Å²) in [7, 11) is -3.73. The number of rotatable bonds is 4. The summed E-state index contributed by atoms with van der Waals surface area (Å²) in [6.07, 6.45) is 3.40. The number of hydrogen-bond acceptors (Lipinski definition) is 3. The number of halogens is 1. The van der Waals surface area contributed by atoms with Crippen LogP contribution >= 0.6 is 0 Å². The maximum atomic E-state index is 13.3. The van der Waals surface area contributed by atoms with Crippen molar-refractivity contribution in [3.05, 3.63) is 29.6 Å². The number of nitrogens with two attached hydrogens (primary N) is 1. The molecule has 21 heavy (non-hydrogen) atoms. The molecule has 1 aliphatic carbocycles. The van der Waals surface area contributed by atoms with Crippen LogP contribution in [0.25, 0.3) is 0 Å². The summed E-state index contributed by atoms with van der Waals surface area (Å²) in [4.78, 5) is 0.00424. The summed E-state index contributed by atoms with van der Waals surface area (Å²) in [5.74, 6) is 4.67. The van der Waals surface area contributed by atoms with E-state index in [9.17, 15) is 12.8 Å². The molecule has 0 aromatic heterocycles. The normalized spacial score (nSPS) is 16.7. The van der Waals surface area contributed by atoms with Gasteiger partial charge in [-0.3, -0.25) is 0 Å². The molecular weight excluding hydrogens is 291 g/mol. The standard InChI is InChI=1S/C15H19FN2O2S/c1-2-15(8-4-9-15)18-21(19,20)14-7-6-13(16)11-12(14)5-3-10-17/h6-7,11,18H,2,4,8-10,17H2,1H3. The minimum absolute atomic E-state index is 0.00424. The summed E-state index contributed by atoms with van der Waals surface area (Å²) >= 11 is 0. The third-order valence-corrected chi connectivity index (χ3v) is 5.53. The Balaban J connectivity index is 2.40. The summed E-state index contributed by atoms with van der Waals surface area (Å²) in [6.45, 7) is 2.05. The molecular formula is C15H19FN2O2S. The lowest BCUT2D eigenvalue weighted by Gasteiger charge is -2.41. The molecule has 0 atom stereocenters. The van der Waals surface area contributed by atoms with E-state index in [1.807, 2.05) is 6.92 Å². The molecule has 1 saturated carbocycles. The fraction of sp³-hybridized carbons (Fsp3) is 0.467. The van der Waals surface area contributed by atoms with Gasteiger partial charge in [0, 0.05) is 11.1 Å². The second-order valence-electron chi connectivity index (χ2n) is 5.24. The molecule has 0 bridgehead atoms. The lowest BCUT2D eigenvalue weighted by molar-refractivity contribution is 0.214. The number of hydrogen-bond donors (Lipinski definition) is 2. The average Bonchev–Trinajstić information content (AvgIpc) is 2.40. The smallest absolute Gasteiger partial charge is 0.242 e. The SMILES string of the molecule is CCC1(NS(=O)(=O)c2ccc(F)cc2C#CCN)CCC1. The van der Waals surface area contributed by atoms with E-state index in [4.69, 9.17) is 5.73 Å². The van der Waals surface area contributed by atoms with Crippen molar-refractivity contribution in [3.63, 3.8) is 0 Å². The zero-order valence-corrected chi connectivity index (χ0v) is 12.8. The molecule has 2 rings (SSSR count). The summed E-state index contributed by atoms with van der Waals surface area (Å²) < 4.78 is 41.2. The van der Waals surface area contributed by atoms with Crippen molar-refractivity contribution in [2.75, 3.05) is 6.54 Å². The second kappa shape index (κ2) is 6.14. The fourth-order valence-corrected chi connectivity index (χ4v) is 4.13. The van der Waals surface area contributed by atoms with E-state index in [0.29, 0.717) is 0 Å². The van der Waals surface area contributed by atoms with Crippen LogP contribution in [-0.4, -0.2) is 20.5 Å². The lowest BCUT2D eigenvalue weighted by Crippen LogP contribution is -2.52. The Hall–Kier alpha value is -1.42. The van der Waals surface area contributed by atoms with Gasteiger partial charge in [-0.2, -0.15) is 0 Å². The maximum absolute atomic E-state index is 13.3. The van der Waals surface area contributed by atoms with Crippen molar-refractivity contribution < 1.29 is 12.8 Å². The average molecular weight is 310 g/mol. The van der Waals surface area contributed by atoms with Crippen LogP contribution < -0.4 is 10.5 Å². The first-order chi connectivity index (χ1) is 9.92. The van der Waals surface area contributed by atoms with E-state index in [-0.39, 0.29) is 22.5 Å². The third-order valence-electron chi connectivity index (χ3n) is 3.89. The lowest BCUT2D eigenvalue weighted by atomic mass is 9.76. The molecule has 0 spiro atoms. The highest BCUT2D eigenvalue weighted by atomic mass is 32.2. The predicted molar refractivity (Wildman–Crippen MR) is 79.5 cm³/mol. The van der Waals surface area contributed by atoms with Crippen LogP contribution in [0.3, 0.4) is 0 Å². The van der Waals surface area contributed by atoms with E-state index in [1.165, 1.54) is 6.07 Å². The van der Waals surface area contributed by atoms with Crippen molar-refractivity contribution in [2.45, 2.75) is 43.0 Å². The van der Waals surface area contributed by atoms with Crippen LogP contribution in [0.4, 0.5) is 4.39 Å². The van der Waals surface area contributed by atoms with E-state index in [2.05, 4.69) is 16.6 Å². The van der Waals surface area contributed by atoms with Crippen LogP contribution in [0.5, 0.6) is 0 Å². The van der Waals surface area contributed by atoms with Crippen LogP contribution in [0.2, 0.25) is 0 Å². The highest BCUT2D eigenvalue weighted by molar-refractivity contribution is 7.89. The molecule has 0 radical (unpaired) electrons. The van der Waals surface area contributed by atoms with E-state index < -0.39 is 15.8 Å². The van der Waals surface area contributed by atoms with Crippen molar-refractivity contribution in [2.24, 2.45) is 5.73 Å². The number of benzene rings is 1. The molecule has 6 heteroatoms. The molecule has 0 unspecified atom stereocenters. The van der Waals surface area contributed by atoms with Gasteiger partial charge in [-0.15, -0.1) is 0 Å². The summed E-state index contributed by atoms with van der Waals surface area (Å²) in [5.41, 5.74) is 5.06. The third kappa shape index (κ3) is 3.43. The Kier molecular flexibility index (Phi) is 4.67. The molecule has 0 saturated heterocycles. The van der Waals surface area contributed by atoms with E-state index in [0.717, 1.165) is 37.8 Å². The topological polar surface area (TPSA) is 72.2 Å². The van der Waals surface area contributed by atoms with Crippen LogP contribution in [0.15, 0.2) is 23.1 Å². The number of sulfonamides is 1. The molecule has 1 aromatic carbocycles. The minimum Gasteiger partial charge on any atom is -0.320 e. The first-order valence-electron chi connectivity index (χ1n) is 6.95. The monoisotopic (exact) mass is 310 g/mol. The molecule has 0 amide bonds. The first kappa shape index (κ1) is 16.0. The Bertz CT molecular complexity index is 680. The van der Waals surface area contributed by atoms with Crippen LogP contribution in [0.1, 0.15) is 38.2 Å². The molecule has 1 fully saturated rings. The van der Waals surface area contributed by atoms with Gasteiger partial charge in [0.15, 0.2) is 0 Å². The summed E-state index contributed by atoms with van der Waals surface area (Å²) in [6, 6.07) is 3.50. The zero-order chi connectivity index (χ0) is 15.5. The summed E-state index contributed by atoms with van der Waals surface area (Å²) in [5, 5.41) is 0. The Labute approximate surface area is 125 Å². The molecule has 114 valence electrons. The van der Waals surface area contributed by atoms with Gasteiger partial charge in [0.1, 0.15) is 5.82 Å². The van der Waals surface area contributed by atoms with Gasteiger partial charge in [-0.25, -0.2) is 17.5 Å². The van der Waals surface area contributed by atoms with E-state index in [1.54, 1.807) is 0 Å². The molecule has 0 heterocycles. The van der Waals surface area contributed by atoms with Crippen LogP contribution in [-0.2, 0) is 10.0 Å². The van der Waals surface area contributed by atoms with Gasteiger partial charge < -0.3 is 5.73 Å². The van der Waals surface area contributed by atoms with Gasteiger partial charge in [-0.1, -0.05) is 18.8 Å². The first-order valence-corrected chi connectivity index (χ1v) is 8.43. The zero-order valence-electron chi connectivity index (χ0n) is 11.9. The van der Waals surface area contributed by atoms with Crippen molar-refractivity contribution in [1.82, 2.24) is 4.72 Å². The molecule has 3 N–H and O–H groups in total. The van der Waals surface area contributed by atoms with Crippen molar-refractivity contribution >= 4 is 10.0 Å². The molecule has 1 aliphatic rings. The second-order valence-corrected chi connectivity index (χ2v) is 6.89. The van der Waals surface area contributed by atoms with Crippen LogP contribution in [0, 0.1) is 17.7 Å². The predicted octanol–water partition coefficient (Wildman–Crippen LogP) is 1.75. The number of nitrogens with one attached hydrogen (secondary N) is 1. The van der Waals surface area contributed by atoms with E-state index >= 15 is 0 Å². The Morgan fingerprint density at radius 3 is 2.67 bits per heavy atom. The highest BCUT2D eigenvalue weighted by Gasteiger charge is 2.39. The van der Waals surface area contributed by atoms with Crippen molar-refractivity contribution in [1.29, 1.82) is 0 Å². The fourth-order valence-electron chi connectivity index (χ4n) is 2.45. The largest absolute Gasteiger partial charge is 0.320 e. The van der Waals surface area contributed by atoms with Gasteiger partial charge >= 0.3 is 0 Å². The van der Waals surface area contributed by atoms with Gasteiger partial charge in [0.2, 0.25) is 10.0 Å². The van der Waals surface area contributed by atoms with Gasteiger partial charge in [0.25, 0.3) is 0 Å². The van der Waals surface area contributed by atoms with Gasteiger partial charge in [-0.05, 0) is 43.9 Å². The molecule has 4 nitrogen and oxygen atoms in total. The van der Waals surface area contributed by atoms with Crippen molar-refractivity contribution in [3.8, 4) is 11.8 Å². The molecule has 0 aliphatic heterocycles. The highest BCUT2D eigenvalue weighted by Crippen LogP contribution is 2.36. The Morgan fingerprint density at radius 2 is 2.14 bits per heavy atom. The maximum Gasteiger partial charge on any atom is 0.242 e. The Morgan fingerprint density at radius 1 is 1.43 bits per heavy atom.